The normalized spacial score (nSPS) is 15.8. The first-order valence-corrected chi connectivity index (χ1v) is 4.97. The van der Waals surface area contributed by atoms with Gasteiger partial charge in [-0.3, -0.25) is 0 Å². The Morgan fingerprint density at radius 1 is 1.46 bits per heavy atom. The van der Waals surface area contributed by atoms with Crippen LogP contribution in [0.3, 0.4) is 0 Å². The third-order valence-corrected chi connectivity index (χ3v) is 2.64. The summed E-state index contributed by atoms with van der Waals surface area (Å²) in [6.07, 6.45) is 2.35. The number of anilines is 2. The predicted molar refractivity (Wildman–Crippen MR) is 55.2 cm³/mol. The van der Waals surface area contributed by atoms with Gasteiger partial charge in [-0.1, -0.05) is 0 Å². The van der Waals surface area contributed by atoms with Crippen LogP contribution in [0.1, 0.15) is 12.8 Å². The van der Waals surface area contributed by atoms with Crippen LogP contribution in [-0.4, -0.2) is 6.04 Å². The Hall–Kier alpha value is -0.770. The van der Waals surface area contributed by atoms with Crippen LogP contribution in [0.25, 0.3) is 0 Å². The molecule has 2 nitrogen and oxygen atoms in total. The molecule has 1 saturated carbocycles. The quantitative estimate of drug-likeness (QED) is 0.786. The van der Waals surface area contributed by atoms with E-state index in [1.807, 2.05) is 0 Å². The summed E-state index contributed by atoms with van der Waals surface area (Å²) in [5, 5.41) is 3.23. The molecule has 13 heavy (non-hydrogen) atoms. The SMILES string of the molecule is Nc1cc(F)c(Br)cc1NC1CC1. The molecule has 0 aliphatic heterocycles. The minimum absolute atomic E-state index is 0.321. The van der Waals surface area contributed by atoms with E-state index in [9.17, 15) is 4.39 Å². The topological polar surface area (TPSA) is 38.0 Å². The molecule has 3 N–H and O–H groups in total. The molecular weight excluding hydrogens is 235 g/mol. The third-order valence-electron chi connectivity index (χ3n) is 2.03. The van der Waals surface area contributed by atoms with Crippen LogP contribution in [0.4, 0.5) is 15.8 Å². The molecule has 0 atom stereocenters. The van der Waals surface area contributed by atoms with E-state index in [2.05, 4.69) is 21.2 Å². The van der Waals surface area contributed by atoms with Gasteiger partial charge in [-0.25, -0.2) is 4.39 Å². The lowest BCUT2D eigenvalue weighted by Gasteiger charge is -2.08. The van der Waals surface area contributed by atoms with Gasteiger partial charge in [-0.2, -0.15) is 0 Å². The lowest BCUT2D eigenvalue weighted by molar-refractivity contribution is 0.622. The van der Waals surface area contributed by atoms with Gasteiger partial charge in [0.25, 0.3) is 0 Å². The van der Waals surface area contributed by atoms with Crippen LogP contribution in [0, 0.1) is 5.82 Å². The van der Waals surface area contributed by atoms with E-state index < -0.39 is 0 Å². The molecule has 0 aromatic heterocycles. The predicted octanol–water partition coefficient (Wildman–Crippen LogP) is 2.74. The molecule has 0 spiro atoms. The number of rotatable bonds is 2. The number of hydrogen-bond donors (Lipinski definition) is 2. The summed E-state index contributed by atoms with van der Waals surface area (Å²) in [6, 6.07) is 3.54. The molecule has 0 bridgehead atoms. The lowest BCUT2D eigenvalue weighted by atomic mass is 10.2. The fourth-order valence-electron chi connectivity index (χ4n) is 1.13. The number of nitrogens with one attached hydrogen (secondary N) is 1. The highest BCUT2D eigenvalue weighted by molar-refractivity contribution is 9.10. The summed E-state index contributed by atoms with van der Waals surface area (Å²) in [7, 11) is 0. The van der Waals surface area contributed by atoms with E-state index in [0.29, 0.717) is 16.2 Å². The summed E-state index contributed by atoms with van der Waals surface area (Å²) in [5.74, 6) is -0.321. The van der Waals surface area contributed by atoms with Gasteiger partial charge < -0.3 is 11.1 Å². The van der Waals surface area contributed by atoms with E-state index in [4.69, 9.17) is 5.73 Å². The Morgan fingerprint density at radius 2 is 2.15 bits per heavy atom. The van der Waals surface area contributed by atoms with E-state index in [1.165, 1.54) is 18.9 Å². The molecule has 0 heterocycles. The van der Waals surface area contributed by atoms with Gasteiger partial charge >= 0.3 is 0 Å². The fourth-order valence-corrected chi connectivity index (χ4v) is 1.48. The maximum atomic E-state index is 13.0. The van der Waals surface area contributed by atoms with Crippen molar-refractivity contribution in [1.82, 2.24) is 0 Å². The van der Waals surface area contributed by atoms with E-state index in [0.717, 1.165) is 5.69 Å². The molecule has 1 aromatic rings. The number of halogens is 2. The highest BCUT2D eigenvalue weighted by Gasteiger charge is 2.21. The summed E-state index contributed by atoms with van der Waals surface area (Å²) >= 11 is 3.12. The number of nitrogen functional groups attached to an aromatic ring is 1. The molecule has 0 amide bonds. The molecule has 1 aromatic carbocycles. The van der Waals surface area contributed by atoms with Gasteiger partial charge in [-0.15, -0.1) is 0 Å². The van der Waals surface area contributed by atoms with Crippen molar-refractivity contribution in [2.75, 3.05) is 11.1 Å². The van der Waals surface area contributed by atoms with Gasteiger partial charge in [-0.05, 0) is 34.8 Å². The zero-order chi connectivity index (χ0) is 9.42. The molecule has 1 aliphatic carbocycles. The van der Waals surface area contributed by atoms with Gasteiger partial charge in [0.15, 0.2) is 0 Å². The third kappa shape index (κ3) is 1.94. The van der Waals surface area contributed by atoms with Gasteiger partial charge in [0.1, 0.15) is 5.82 Å². The van der Waals surface area contributed by atoms with Crippen LogP contribution in [0.2, 0.25) is 0 Å². The number of benzene rings is 1. The van der Waals surface area contributed by atoms with E-state index in [1.54, 1.807) is 6.07 Å². The van der Waals surface area contributed by atoms with Crippen molar-refractivity contribution < 1.29 is 4.39 Å². The second-order valence-electron chi connectivity index (χ2n) is 3.27. The van der Waals surface area contributed by atoms with Crippen molar-refractivity contribution in [3.8, 4) is 0 Å². The summed E-state index contributed by atoms with van der Waals surface area (Å²) in [4.78, 5) is 0. The molecule has 1 fully saturated rings. The fraction of sp³-hybridized carbons (Fsp3) is 0.333. The van der Waals surface area contributed by atoms with Crippen molar-refractivity contribution >= 4 is 27.3 Å². The molecule has 0 radical (unpaired) electrons. The Morgan fingerprint density at radius 3 is 2.77 bits per heavy atom. The first kappa shape index (κ1) is 8.81. The molecule has 70 valence electrons. The van der Waals surface area contributed by atoms with Crippen LogP contribution < -0.4 is 11.1 Å². The minimum atomic E-state index is -0.321. The first-order valence-electron chi connectivity index (χ1n) is 4.18. The maximum absolute atomic E-state index is 13.0. The van der Waals surface area contributed by atoms with Crippen molar-refractivity contribution in [1.29, 1.82) is 0 Å². The van der Waals surface area contributed by atoms with Crippen LogP contribution in [0.15, 0.2) is 16.6 Å². The average molecular weight is 245 g/mol. The second kappa shape index (κ2) is 3.18. The molecule has 1 aliphatic rings. The smallest absolute Gasteiger partial charge is 0.139 e. The Labute approximate surface area is 84.4 Å². The summed E-state index contributed by atoms with van der Waals surface area (Å²) < 4.78 is 13.4. The van der Waals surface area contributed by atoms with Crippen molar-refractivity contribution in [3.63, 3.8) is 0 Å². The van der Waals surface area contributed by atoms with Gasteiger partial charge in [0, 0.05) is 12.1 Å². The highest BCUT2D eigenvalue weighted by Crippen LogP contribution is 2.31. The number of hydrogen-bond acceptors (Lipinski definition) is 2. The van der Waals surface area contributed by atoms with Crippen molar-refractivity contribution in [3.05, 3.63) is 22.4 Å². The van der Waals surface area contributed by atoms with Crippen LogP contribution >= 0.6 is 15.9 Å². The molecule has 4 heteroatoms. The zero-order valence-corrected chi connectivity index (χ0v) is 8.57. The summed E-state index contributed by atoms with van der Waals surface area (Å²) in [5.41, 5.74) is 6.92. The zero-order valence-electron chi connectivity index (χ0n) is 6.98. The second-order valence-corrected chi connectivity index (χ2v) is 4.13. The van der Waals surface area contributed by atoms with Gasteiger partial charge in [0.05, 0.1) is 15.8 Å². The minimum Gasteiger partial charge on any atom is -0.397 e. The molecule has 0 unspecified atom stereocenters. The monoisotopic (exact) mass is 244 g/mol. The lowest BCUT2D eigenvalue weighted by Crippen LogP contribution is -2.04. The Balaban J connectivity index is 2.27. The summed E-state index contributed by atoms with van der Waals surface area (Å²) in [6.45, 7) is 0. The average Bonchev–Trinajstić information content (AvgIpc) is 2.84. The highest BCUT2D eigenvalue weighted by atomic mass is 79.9. The maximum Gasteiger partial charge on any atom is 0.139 e. The van der Waals surface area contributed by atoms with Crippen LogP contribution in [-0.2, 0) is 0 Å². The van der Waals surface area contributed by atoms with Gasteiger partial charge in [0.2, 0.25) is 0 Å². The largest absolute Gasteiger partial charge is 0.397 e. The number of nitrogens with two attached hydrogens (primary N) is 1. The first-order chi connectivity index (χ1) is 6.16. The standard InChI is InChI=1S/C9H10BrFN2/c10-6-3-9(13-5-1-2-5)8(12)4-7(6)11/h3-5,13H,1-2,12H2. The molecular formula is C9H10BrFN2. The molecule has 0 saturated heterocycles. The molecule has 2 rings (SSSR count). The Bertz CT molecular complexity index is 337. The Kier molecular flexibility index (Phi) is 2.15. The van der Waals surface area contributed by atoms with Crippen LogP contribution in [0.5, 0.6) is 0 Å². The van der Waals surface area contributed by atoms with Crippen molar-refractivity contribution in [2.45, 2.75) is 18.9 Å². The van der Waals surface area contributed by atoms with E-state index in [-0.39, 0.29) is 5.82 Å². The van der Waals surface area contributed by atoms with Crippen molar-refractivity contribution in [2.24, 2.45) is 0 Å². The van der Waals surface area contributed by atoms with E-state index >= 15 is 0 Å².